The topological polar surface area (TPSA) is 64.1 Å². The summed E-state index contributed by atoms with van der Waals surface area (Å²) in [7, 11) is -0.777. The molecule has 0 saturated heterocycles. The van der Waals surface area contributed by atoms with Crippen molar-refractivity contribution in [2.45, 2.75) is 32.4 Å². The van der Waals surface area contributed by atoms with Crippen LogP contribution in [0.3, 0.4) is 0 Å². The molecule has 102 valence electrons. The van der Waals surface area contributed by atoms with Gasteiger partial charge in [-0.3, -0.25) is 4.21 Å². The van der Waals surface area contributed by atoms with Gasteiger partial charge in [0.2, 0.25) is 5.88 Å². The van der Waals surface area contributed by atoms with Crippen LogP contribution in [0.25, 0.3) is 0 Å². The van der Waals surface area contributed by atoms with Crippen LogP contribution in [0.15, 0.2) is 6.07 Å². The highest BCUT2D eigenvalue weighted by Crippen LogP contribution is 2.13. The SMILES string of the molecule is CCOc1cc(NCCC(C)S(C)=O)nc(C)n1. The van der Waals surface area contributed by atoms with Gasteiger partial charge in [-0.2, -0.15) is 4.98 Å². The second-order valence-electron chi connectivity index (χ2n) is 4.10. The Labute approximate surface area is 111 Å². The lowest BCUT2D eigenvalue weighted by Gasteiger charge is -2.11. The molecule has 0 amide bonds. The fourth-order valence-electron chi connectivity index (χ4n) is 1.42. The Hall–Kier alpha value is -1.17. The Morgan fingerprint density at radius 3 is 2.83 bits per heavy atom. The summed E-state index contributed by atoms with van der Waals surface area (Å²) in [5, 5.41) is 3.39. The van der Waals surface area contributed by atoms with E-state index in [2.05, 4.69) is 15.3 Å². The van der Waals surface area contributed by atoms with Gasteiger partial charge >= 0.3 is 0 Å². The third kappa shape index (κ3) is 5.00. The van der Waals surface area contributed by atoms with Crippen molar-refractivity contribution < 1.29 is 8.95 Å². The quantitative estimate of drug-likeness (QED) is 0.818. The summed E-state index contributed by atoms with van der Waals surface area (Å²) in [6.45, 7) is 7.05. The molecule has 0 bridgehead atoms. The van der Waals surface area contributed by atoms with Gasteiger partial charge in [0.05, 0.1) is 6.61 Å². The summed E-state index contributed by atoms with van der Waals surface area (Å²) in [6, 6.07) is 1.78. The van der Waals surface area contributed by atoms with E-state index in [1.54, 1.807) is 12.3 Å². The van der Waals surface area contributed by atoms with Gasteiger partial charge in [-0.1, -0.05) is 6.92 Å². The van der Waals surface area contributed by atoms with Crippen LogP contribution in [0.2, 0.25) is 0 Å². The molecule has 1 aromatic rings. The molecule has 0 saturated carbocycles. The third-order valence-corrected chi connectivity index (χ3v) is 3.90. The fraction of sp³-hybridized carbons (Fsp3) is 0.667. The van der Waals surface area contributed by atoms with E-state index in [4.69, 9.17) is 4.74 Å². The molecule has 1 N–H and O–H groups in total. The highest BCUT2D eigenvalue weighted by molar-refractivity contribution is 7.84. The standard InChI is InChI=1S/C12H21N3O2S/c1-5-17-12-8-11(14-10(3)15-12)13-7-6-9(2)18(4)16/h8-9H,5-7H2,1-4H3,(H,13,14,15). The maximum Gasteiger partial charge on any atom is 0.218 e. The predicted octanol–water partition coefficient (Wildman–Crippen LogP) is 1.75. The van der Waals surface area contributed by atoms with Crippen LogP contribution in [0.5, 0.6) is 5.88 Å². The smallest absolute Gasteiger partial charge is 0.218 e. The van der Waals surface area contributed by atoms with Crippen molar-refractivity contribution in [3.8, 4) is 5.88 Å². The van der Waals surface area contributed by atoms with Crippen molar-refractivity contribution in [3.63, 3.8) is 0 Å². The molecule has 0 aliphatic carbocycles. The number of ether oxygens (including phenoxy) is 1. The molecule has 1 aromatic heterocycles. The highest BCUT2D eigenvalue weighted by atomic mass is 32.2. The van der Waals surface area contributed by atoms with Crippen LogP contribution in [-0.2, 0) is 10.8 Å². The normalized spacial score (nSPS) is 14.0. The molecule has 2 unspecified atom stereocenters. The molecule has 6 heteroatoms. The molecule has 0 aliphatic rings. The van der Waals surface area contributed by atoms with Gasteiger partial charge in [-0.05, 0) is 20.3 Å². The molecule has 0 aliphatic heterocycles. The average molecular weight is 271 g/mol. The maximum absolute atomic E-state index is 11.2. The number of rotatable bonds is 7. The maximum atomic E-state index is 11.2. The average Bonchev–Trinajstić information content (AvgIpc) is 2.28. The second kappa shape index (κ2) is 7.31. The molecular weight excluding hydrogens is 250 g/mol. The van der Waals surface area contributed by atoms with Gasteiger partial charge in [-0.15, -0.1) is 0 Å². The molecule has 1 heterocycles. The summed E-state index contributed by atoms with van der Waals surface area (Å²) < 4.78 is 16.6. The minimum Gasteiger partial charge on any atom is -0.478 e. The Morgan fingerprint density at radius 1 is 1.50 bits per heavy atom. The van der Waals surface area contributed by atoms with Crippen LogP contribution in [0, 0.1) is 6.92 Å². The van der Waals surface area contributed by atoms with E-state index in [0.29, 0.717) is 18.3 Å². The number of nitrogens with zero attached hydrogens (tertiary/aromatic N) is 2. The monoisotopic (exact) mass is 271 g/mol. The summed E-state index contributed by atoms with van der Waals surface area (Å²) >= 11 is 0. The first-order chi connectivity index (χ1) is 8.52. The van der Waals surface area contributed by atoms with Crippen LogP contribution < -0.4 is 10.1 Å². The lowest BCUT2D eigenvalue weighted by atomic mass is 10.3. The van der Waals surface area contributed by atoms with Crippen molar-refractivity contribution >= 4 is 16.6 Å². The van der Waals surface area contributed by atoms with Gasteiger partial charge in [0.1, 0.15) is 11.6 Å². The van der Waals surface area contributed by atoms with E-state index < -0.39 is 10.8 Å². The largest absolute Gasteiger partial charge is 0.478 e. The van der Waals surface area contributed by atoms with Gasteiger partial charge in [-0.25, -0.2) is 4.98 Å². The molecule has 0 radical (unpaired) electrons. The number of anilines is 1. The molecular formula is C12H21N3O2S. The van der Waals surface area contributed by atoms with Crippen molar-refractivity contribution in [2.24, 2.45) is 0 Å². The first-order valence-electron chi connectivity index (χ1n) is 6.07. The Kier molecular flexibility index (Phi) is 6.04. The Bertz CT molecular complexity index is 412. The fourth-order valence-corrected chi connectivity index (χ4v) is 1.87. The van der Waals surface area contributed by atoms with Crippen LogP contribution in [-0.4, -0.2) is 38.8 Å². The van der Waals surface area contributed by atoms with E-state index in [9.17, 15) is 4.21 Å². The van der Waals surface area contributed by atoms with Gasteiger partial charge in [0.15, 0.2) is 0 Å². The zero-order valence-corrected chi connectivity index (χ0v) is 12.2. The predicted molar refractivity (Wildman–Crippen MR) is 74.6 cm³/mol. The van der Waals surface area contributed by atoms with Gasteiger partial charge < -0.3 is 10.1 Å². The third-order valence-electron chi connectivity index (χ3n) is 2.53. The van der Waals surface area contributed by atoms with Gasteiger partial charge in [0.25, 0.3) is 0 Å². The molecule has 2 atom stereocenters. The Balaban J connectivity index is 2.53. The number of hydrogen-bond acceptors (Lipinski definition) is 5. The van der Waals surface area contributed by atoms with Crippen LogP contribution in [0.1, 0.15) is 26.1 Å². The van der Waals surface area contributed by atoms with E-state index >= 15 is 0 Å². The van der Waals surface area contributed by atoms with E-state index in [-0.39, 0.29) is 5.25 Å². The summed E-state index contributed by atoms with van der Waals surface area (Å²) in [5.74, 6) is 2.01. The van der Waals surface area contributed by atoms with Crippen LogP contribution in [0.4, 0.5) is 5.82 Å². The molecule has 0 fully saturated rings. The zero-order valence-electron chi connectivity index (χ0n) is 11.4. The minimum absolute atomic E-state index is 0.187. The molecule has 1 rings (SSSR count). The molecule has 18 heavy (non-hydrogen) atoms. The molecule has 0 spiro atoms. The first kappa shape index (κ1) is 14.9. The number of aryl methyl sites for hydroxylation is 1. The Morgan fingerprint density at radius 2 is 2.22 bits per heavy atom. The first-order valence-corrected chi connectivity index (χ1v) is 7.69. The number of nitrogens with one attached hydrogen (secondary N) is 1. The highest BCUT2D eigenvalue weighted by Gasteiger charge is 2.06. The van der Waals surface area contributed by atoms with E-state index in [1.807, 2.05) is 20.8 Å². The lowest BCUT2D eigenvalue weighted by molar-refractivity contribution is 0.325. The van der Waals surface area contributed by atoms with Crippen molar-refractivity contribution in [3.05, 3.63) is 11.9 Å². The summed E-state index contributed by atoms with van der Waals surface area (Å²) in [4.78, 5) is 8.45. The number of hydrogen-bond donors (Lipinski definition) is 1. The van der Waals surface area contributed by atoms with E-state index in [1.165, 1.54) is 0 Å². The molecule has 5 nitrogen and oxygen atoms in total. The van der Waals surface area contributed by atoms with Gasteiger partial charge in [0, 0.05) is 34.9 Å². The minimum atomic E-state index is -0.777. The molecule has 0 aromatic carbocycles. The van der Waals surface area contributed by atoms with Crippen molar-refractivity contribution in [1.29, 1.82) is 0 Å². The number of aromatic nitrogens is 2. The van der Waals surface area contributed by atoms with Crippen molar-refractivity contribution in [1.82, 2.24) is 9.97 Å². The lowest BCUT2D eigenvalue weighted by Crippen LogP contribution is -2.15. The van der Waals surface area contributed by atoms with E-state index in [0.717, 1.165) is 18.8 Å². The second-order valence-corrected chi connectivity index (χ2v) is 5.90. The summed E-state index contributed by atoms with van der Waals surface area (Å²) in [6.07, 6.45) is 2.57. The zero-order chi connectivity index (χ0) is 13.5. The summed E-state index contributed by atoms with van der Waals surface area (Å²) in [5.41, 5.74) is 0. The van der Waals surface area contributed by atoms with Crippen molar-refractivity contribution in [2.75, 3.05) is 24.7 Å². The van der Waals surface area contributed by atoms with Crippen LogP contribution >= 0.6 is 0 Å².